The fraction of sp³-hybridized carbons (Fsp3) is 0.417. The van der Waals surface area contributed by atoms with Crippen LogP contribution in [0.5, 0.6) is 0 Å². The van der Waals surface area contributed by atoms with Gasteiger partial charge in [0.25, 0.3) is 0 Å². The van der Waals surface area contributed by atoms with Crippen molar-refractivity contribution >= 4 is 12.2 Å². The number of pyridine rings is 1. The average molecular weight is 263 g/mol. The van der Waals surface area contributed by atoms with Crippen LogP contribution in [-0.4, -0.2) is 37.8 Å². The summed E-state index contributed by atoms with van der Waals surface area (Å²) in [4.78, 5) is 6.48. The summed E-state index contributed by atoms with van der Waals surface area (Å²) in [6, 6.07) is 5.98. The molecule has 0 aliphatic heterocycles. The van der Waals surface area contributed by atoms with E-state index >= 15 is 0 Å². The monoisotopic (exact) mass is 263 g/mol. The molecule has 96 valence electrons. The van der Waals surface area contributed by atoms with Gasteiger partial charge in [0.15, 0.2) is 4.77 Å². The molecule has 0 saturated carbocycles. The number of likely N-dealkylation sites (N-methyl/N-ethyl adjacent to an activating group) is 1. The molecule has 0 aromatic carbocycles. The Bertz CT molecular complexity index is 545. The first kappa shape index (κ1) is 12.9. The molecule has 0 spiro atoms. The van der Waals surface area contributed by atoms with E-state index in [1.54, 1.807) is 6.33 Å². The zero-order valence-corrected chi connectivity index (χ0v) is 11.5. The Balaban J connectivity index is 1.88. The van der Waals surface area contributed by atoms with Crippen LogP contribution in [0.3, 0.4) is 0 Å². The molecule has 0 saturated heterocycles. The summed E-state index contributed by atoms with van der Waals surface area (Å²) in [5, 5.41) is 4.23. The third-order valence-electron chi connectivity index (χ3n) is 2.74. The van der Waals surface area contributed by atoms with E-state index in [0.29, 0.717) is 6.67 Å². The van der Waals surface area contributed by atoms with E-state index in [-0.39, 0.29) is 0 Å². The van der Waals surface area contributed by atoms with E-state index in [2.05, 4.69) is 22.0 Å². The second-order valence-electron chi connectivity index (χ2n) is 4.32. The molecular weight excluding hydrogens is 246 g/mol. The number of rotatable bonds is 5. The minimum Gasteiger partial charge on any atom is -0.310 e. The molecule has 6 heteroatoms. The fourth-order valence-corrected chi connectivity index (χ4v) is 1.82. The average Bonchev–Trinajstić information content (AvgIpc) is 2.70. The van der Waals surface area contributed by atoms with Gasteiger partial charge in [0.2, 0.25) is 0 Å². The maximum absolute atomic E-state index is 5.25. The highest BCUT2D eigenvalue weighted by Crippen LogP contribution is 1.98. The van der Waals surface area contributed by atoms with E-state index in [1.807, 2.05) is 40.7 Å². The van der Waals surface area contributed by atoms with Gasteiger partial charge in [-0.1, -0.05) is 6.07 Å². The van der Waals surface area contributed by atoms with Crippen LogP contribution in [0.4, 0.5) is 0 Å². The SMILES string of the molecule is CN(CCc1ccccn1)Cn1ncn(C)c1=S. The van der Waals surface area contributed by atoms with Crippen molar-refractivity contribution in [3.8, 4) is 0 Å². The third-order valence-corrected chi connectivity index (χ3v) is 3.24. The lowest BCUT2D eigenvalue weighted by Crippen LogP contribution is -2.25. The summed E-state index contributed by atoms with van der Waals surface area (Å²) in [5.74, 6) is 0. The van der Waals surface area contributed by atoms with E-state index in [1.165, 1.54) is 0 Å². The first-order valence-electron chi connectivity index (χ1n) is 5.83. The van der Waals surface area contributed by atoms with Gasteiger partial charge in [-0.2, -0.15) is 5.10 Å². The number of aryl methyl sites for hydroxylation is 1. The summed E-state index contributed by atoms with van der Waals surface area (Å²) < 4.78 is 4.38. The quantitative estimate of drug-likeness (QED) is 0.766. The maximum atomic E-state index is 5.25. The van der Waals surface area contributed by atoms with Gasteiger partial charge in [0.05, 0.1) is 6.67 Å². The molecule has 0 N–H and O–H groups in total. The highest BCUT2D eigenvalue weighted by atomic mass is 32.1. The first-order chi connectivity index (χ1) is 8.66. The van der Waals surface area contributed by atoms with Gasteiger partial charge in [-0.05, 0) is 31.4 Å². The van der Waals surface area contributed by atoms with E-state index in [9.17, 15) is 0 Å². The van der Waals surface area contributed by atoms with E-state index in [4.69, 9.17) is 12.2 Å². The van der Waals surface area contributed by atoms with Crippen molar-refractivity contribution in [1.29, 1.82) is 0 Å². The molecule has 0 aliphatic rings. The molecule has 2 rings (SSSR count). The molecule has 0 amide bonds. The summed E-state index contributed by atoms with van der Waals surface area (Å²) in [6.07, 6.45) is 4.48. The Hall–Kier alpha value is -1.53. The first-order valence-corrected chi connectivity index (χ1v) is 6.24. The van der Waals surface area contributed by atoms with Gasteiger partial charge >= 0.3 is 0 Å². The topological polar surface area (TPSA) is 38.9 Å². The van der Waals surface area contributed by atoms with Crippen molar-refractivity contribution < 1.29 is 0 Å². The van der Waals surface area contributed by atoms with Crippen LogP contribution in [0.1, 0.15) is 5.69 Å². The zero-order valence-electron chi connectivity index (χ0n) is 10.7. The van der Waals surface area contributed by atoms with E-state index < -0.39 is 0 Å². The van der Waals surface area contributed by atoms with Crippen LogP contribution in [-0.2, 0) is 20.1 Å². The van der Waals surface area contributed by atoms with E-state index in [0.717, 1.165) is 23.4 Å². The Morgan fingerprint density at radius 1 is 1.39 bits per heavy atom. The minimum atomic E-state index is 0.701. The van der Waals surface area contributed by atoms with Crippen LogP contribution >= 0.6 is 12.2 Å². The van der Waals surface area contributed by atoms with Crippen molar-refractivity contribution in [2.24, 2.45) is 7.05 Å². The lowest BCUT2D eigenvalue weighted by molar-refractivity contribution is 0.254. The van der Waals surface area contributed by atoms with Crippen molar-refractivity contribution in [1.82, 2.24) is 24.2 Å². The molecule has 18 heavy (non-hydrogen) atoms. The molecule has 2 aromatic rings. The molecule has 0 atom stereocenters. The van der Waals surface area contributed by atoms with Crippen molar-refractivity contribution in [3.05, 3.63) is 41.2 Å². The van der Waals surface area contributed by atoms with Crippen molar-refractivity contribution in [3.63, 3.8) is 0 Å². The highest BCUT2D eigenvalue weighted by molar-refractivity contribution is 7.71. The van der Waals surface area contributed by atoms with Gasteiger partial charge in [0.1, 0.15) is 6.33 Å². The lowest BCUT2D eigenvalue weighted by Gasteiger charge is -2.15. The number of hydrogen-bond donors (Lipinski definition) is 0. The summed E-state index contributed by atoms with van der Waals surface area (Å²) in [7, 11) is 3.96. The molecule has 0 radical (unpaired) electrons. The second kappa shape index (κ2) is 5.88. The Morgan fingerprint density at radius 2 is 2.22 bits per heavy atom. The number of aromatic nitrogens is 4. The van der Waals surface area contributed by atoms with Gasteiger partial charge in [-0.15, -0.1) is 0 Å². The Labute approximate surface area is 112 Å². The van der Waals surface area contributed by atoms with Gasteiger partial charge in [-0.25, -0.2) is 4.68 Å². The number of nitrogens with zero attached hydrogens (tertiary/aromatic N) is 5. The minimum absolute atomic E-state index is 0.701. The van der Waals surface area contributed by atoms with Crippen LogP contribution in [0.25, 0.3) is 0 Å². The molecule has 0 aliphatic carbocycles. The normalized spacial score (nSPS) is 11.1. The van der Waals surface area contributed by atoms with Crippen LogP contribution in [0.2, 0.25) is 0 Å². The van der Waals surface area contributed by atoms with Crippen LogP contribution in [0, 0.1) is 4.77 Å². The fourth-order valence-electron chi connectivity index (χ4n) is 1.67. The summed E-state index contributed by atoms with van der Waals surface area (Å²) in [6.45, 7) is 1.63. The largest absolute Gasteiger partial charge is 0.310 e. The zero-order chi connectivity index (χ0) is 13.0. The maximum Gasteiger partial charge on any atom is 0.198 e. The second-order valence-corrected chi connectivity index (χ2v) is 4.68. The lowest BCUT2D eigenvalue weighted by atomic mass is 10.2. The van der Waals surface area contributed by atoms with Gasteiger partial charge in [0, 0.05) is 31.9 Å². The predicted molar refractivity (Wildman–Crippen MR) is 72.6 cm³/mol. The molecule has 5 nitrogen and oxygen atoms in total. The Morgan fingerprint density at radius 3 is 2.83 bits per heavy atom. The standard InChI is InChI=1S/C12H17N5S/c1-15(8-6-11-5-3-4-7-13-11)10-17-12(18)16(2)9-14-17/h3-5,7,9H,6,8,10H2,1-2H3. The third kappa shape index (κ3) is 3.24. The molecule has 2 heterocycles. The van der Waals surface area contributed by atoms with Crippen LogP contribution < -0.4 is 0 Å². The van der Waals surface area contributed by atoms with Gasteiger partial charge in [-0.3, -0.25) is 9.88 Å². The van der Waals surface area contributed by atoms with Crippen molar-refractivity contribution in [2.75, 3.05) is 13.6 Å². The van der Waals surface area contributed by atoms with Crippen LogP contribution in [0.15, 0.2) is 30.7 Å². The van der Waals surface area contributed by atoms with Crippen molar-refractivity contribution in [2.45, 2.75) is 13.1 Å². The molecule has 0 fully saturated rings. The molecule has 0 bridgehead atoms. The number of hydrogen-bond acceptors (Lipinski definition) is 4. The van der Waals surface area contributed by atoms with Gasteiger partial charge < -0.3 is 4.57 Å². The summed E-state index contributed by atoms with van der Waals surface area (Å²) >= 11 is 5.25. The Kier molecular flexibility index (Phi) is 4.22. The molecule has 2 aromatic heterocycles. The molecule has 0 unspecified atom stereocenters. The predicted octanol–water partition coefficient (Wildman–Crippen LogP) is 1.48. The smallest absolute Gasteiger partial charge is 0.198 e. The summed E-state index contributed by atoms with van der Waals surface area (Å²) in [5.41, 5.74) is 1.11. The highest BCUT2D eigenvalue weighted by Gasteiger charge is 2.03. The molecular formula is C12H17N5S.